The molecule has 0 fully saturated rings. The van der Waals surface area contributed by atoms with Gasteiger partial charge in [-0.3, -0.25) is 35.9 Å². The molecule has 2 amide bonds. The number of methoxy groups -OCH3 is 1. The summed E-state index contributed by atoms with van der Waals surface area (Å²) in [6.45, 7) is 0. The first-order valence-electron chi connectivity index (χ1n) is 7.87. The highest BCUT2D eigenvalue weighted by molar-refractivity contribution is 7.80. The predicted molar refractivity (Wildman–Crippen MR) is 106 cm³/mol. The van der Waals surface area contributed by atoms with E-state index in [0.717, 1.165) is 5.56 Å². The van der Waals surface area contributed by atoms with Crippen LogP contribution in [0.5, 0.6) is 5.75 Å². The number of benzene rings is 2. The fourth-order valence-corrected chi connectivity index (χ4v) is 2.14. The van der Waals surface area contributed by atoms with Crippen LogP contribution in [0.15, 0.2) is 54.6 Å². The summed E-state index contributed by atoms with van der Waals surface area (Å²) in [6.07, 6.45) is 2.88. The Morgan fingerprint density at radius 1 is 1.07 bits per heavy atom. The molecule has 10 heteroatoms. The Labute approximate surface area is 165 Å². The number of carbonyl (C=O) groups excluding carboxylic acids is 2. The average Bonchev–Trinajstić information content (AvgIpc) is 2.71. The van der Waals surface area contributed by atoms with Crippen LogP contribution in [0, 0.1) is 10.1 Å². The predicted octanol–water partition coefficient (Wildman–Crippen LogP) is 1.95. The second-order valence-corrected chi connectivity index (χ2v) is 5.72. The monoisotopic (exact) mass is 400 g/mol. The zero-order valence-electron chi connectivity index (χ0n) is 14.7. The van der Waals surface area contributed by atoms with E-state index >= 15 is 0 Å². The zero-order valence-corrected chi connectivity index (χ0v) is 15.5. The summed E-state index contributed by atoms with van der Waals surface area (Å²) in [6, 6.07) is 12.1. The van der Waals surface area contributed by atoms with Gasteiger partial charge in [0.25, 0.3) is 11.6 Å². The van der Waals surface area contributed by atoms with Crippen LogP contribution in [-0.4, -0.2) is 29.0 Å². The van der Waals surface area contributed by atoms with Crippen LogP contribution in [0.25, 0.3) is 6.08 Å². The highest BCUT2D eigenvalue weighted by Gasteiger charge is 2.10. The Hall–Kier alpha value is -3.79. The first kappa shape index (κ1) is 20.5. The summed E-state index contributed by atoms with van der Waals surface area (Å²) in [5.41, 5.74) is 5.52. The molecular weight excluding hydrogens is 384 g/mol. The molecule has 0 aliphatic heterocycles. The highest BCUT2D eigenvalue weighted by Crippen LogP contribution is 2.12. The largest absolute Gasteiger partial charge is 0.497 e. The summed E-state index contributed by atoms with van der Waals surface area (Å²) < 4.78 is 5.05. The molecule has 0 bridgehead atoms. The van der Waals surface area contributed by atoms with Crippen LogP contribution in [0.4, 0.5) is 5.69 Å². The van der Waals surface area contributed by atoms with Crippen LogP contribution in [0.1, 0.15) is 15.9 Å². The maximum Gasteiger partial charge on any atom is 0.269 e. The maximum atomic E-state index is 11.9. The van der Waals surface area contributed by atoms with Crippen molar-refractivity contribution < 1.29 is 19.2 Å². The Morgan fingerprint density at radius 2 is 1.71 bits per heavy atom. The molecule has 0 aliphatic rings. The molecule has 2 rings (SSSR count). The summed E-state index contributed by atoms with van der Waals surface area (Å²) in [4.78, 5) is 33.8. The van der Waals surface area contributed by atoms with Gasteiger partial charge in [0.2, 0.25) is 5.91 Å². The first-order chi connectivity index (χ1) is 13.4. The van der Waals surface area contributed by atoms with E-state index < -0.39 is 16.7 Å². The molecule has 144 valence electrons. The number of nitrogens with zero attached hydrogens (tertiary/aromatic N) is 1. The molecule has 2 aromatic rings. The number of nitro benzene ring substituents is 1. The smallest absolute Gasteiger partial charge is 0.269 e. The van der Waals surface area contributed by atoms with Crippen molar-refractivity contribution in [2.75, 3.05) is 7.11 Å². The van der Waals surface area contributed by atoms with Crippen molar-refractivity contribution in [3.63, 3.8) is 0 Å². The second-order valence-electron chi connectivity index (χ2n) is 5.31. The number of rotatable bonds is 5. The minimum absolute atomic E-state index is 0.111. The molecule has 0 radical (unpaired) electrons. The van der Waals surface area contributed by atoms with E-state index in [2.05, 4.69) is 16.2 Å². The molecule has 0 saturated carbocycles. The number of carbonyl (C=O) groups is 2. The molecule has 0 unspecified atom stereocenters. The normalized spacial score (nSPS) is 10.2. The molecule has 0 spiro atoms. The number of non-ortho nitro benzene ring substituents is 1. The van der Waals surface area contributed by atoms with Gasteiger partial charge in [0.15, 0.2) is 5.11 Å². The van der Waals surface area contributed by atoms with Gasteiger partial charge in [0.05, 0.1) is 12.0 Å². The maximum absolute atomic E-state index is 11.9. The molecule has 28 heavy (non-hydrogen) atoms. The molecule has 9 nitrogen and oxygen atoms in total. The number of amides is 2. The minimum atomic E-state index is -0.569. The summed E-state index contributed by atoms with van der Waals surface area (Å²) in [5, 5.41) is 12.9. The highest BCUT2D eigenvalue weighted by atomic mass is 32.1. The summed E-state index contributed by atoms with van der Waals surface area (Å²) in [7, 11) is 1.56. The number of nitrogens with one attached hydrogen (secondary N) is 3. The van der Waals surface area contributed by atoms with Gasteiger partial charge in [-0.2, -0.15) is 0 Å². The quantitative estimate of drug-likeness (QED) is 0.303. The number of hydrazine groups is 1. The molecular formula is C18H16N4O5S. The van der Waals surface area contributed by atoms with Gasteiger partial charge in [-0.1, -0.05) is 12.1 Å². The third-order valence-corrected chi connectivity index (χ3v) is 3.61. The Bertz CT molecular complexity index is 911. The molecule has 3 N–H and O–H groups in total. The van der Waals surface area contributed by atoms with Crippen molar-refractivity contribution in [1.82, 2.24) is 16.2 Å². The van der Waals surface area contributed by atoms with Crippen LogP contribution < -0.4 is 20.9 Å². The van der Waals surface area contributed by atoms with Crippen LogP contribution in [0.3, 0.4) is 0 Å². The first-order valence-corrected chi connectivity index (χ1v) is 8.28. The van der Waals surface area contributed by atoms with Crippen LogP contribution in [0.2, 0.25) is 0 Å². The Balaban J connectivity index is 1.80. The molecule has 0 heterocycles. The number of thiocarbonyl (C=S) groups is 1. The van der Waals surface area contributed by atoms with E-state index in [-0.39, 0.29) is 16.4 Å². The van der Waals surface area contributed by atoms with Crippen molar-refractivity contribution in [1.29, 1.82) is 0 Å². The fourth-order valence-electron chi connectivity index (χ4n) is 1.99. The molecule has 0 atom stereocenters. The SMILES string of the molecule is COc1ccc(/C=C/C(=O)NC(=S)NNC(=O)c2ccc([N+](=O)[O-])cc2)cc1. The lowest BCUT2D eigenvalue weighted by Gasteiger charge is -2.09. The third kappa shape index (κ3) is 6.18. The molecule has 0 aromatic heterocycles. The van der Waals surface area contributed by atoms with Gasteiger partial charge in [0.1, 0.15) is 5.75 Å². The Morgan fingerprint density at radius 3 is 2.29 bits per heavy atom. The van der Waals surface area contributed by atoms with Crippen molar-refractivity contribution in [2.45, 2.75) is 0 Å². The van der Waals surface area contributed by atoms with Crippen molar-refractivity contribution in [3.05, 3.63) is 75.8 Å². The van der Waals surface area contributed by atoms with Crippen molar-refractivity contribution >= 4 is 40.9 Å². The van der Waals surface area contributed by atoms with Gasteiger partial charge >= 0.3 is 0 Å². The molecule has 0 aliphatic carbocycles. The summed E-state index contributed by atoms with van der Waals surface area (Å²) >= 11 is 4.92. The fraction of sp³-hybridized carbons (Fsp3) is 0.0556. The molecule has 0 saturated heterocycles. The van der Waals surface area contributed by atoms with Crippen molar-refractivity contribution in [3.8, 4) is 5.75 Å². The van der Waals surface area contributed by atoms with Gasteiger partial charge < -0.3 is 4.74 Å². The zero-order chi connectivity index (χ0) is 20.5. The van der Waals surface area contributed by atoms with Crippen LogP contribution in [-0.2, 0) is 4.79 Å². The standard InChI is InChI=1S/C18H16N4O5S/c1-27-15-9-2-12(3-10-15)4-11-16(23)19-18(28)21-20-17(24)13-5-7-14(8-6-13)22(25)26/h2-11H,1H3,(H,20,24)(H2,19,21,23,28)/b11-4+. The second kappa shape index (κ2) is 9.78. The number of hydrogen-bond acceptors (Lipinski definition) is 6. The van der Waals surface area contributed by atoms with Gasteiger partial charge in [0, 0.05) is 23.8 Å². The van der Waals surface area contributed by atoms with Gasteiger partial charge in [-0.15, -0.1) is 0 Å². The Kier molecular flexibility index (Phi) is 7.17. The van der Waals surface area contributed by atoms with Gasteiger partial charge in [-0.05, 0) is 48.1 Å². The number of nitro groups is 1. The van der Waals surface area contributed by atoms with E-state index in [1.165, 1.54) is 30.3 Å². The van der Waals surface area contributed by atoms with E-state index in [1.807, 2.05) is 0 Å². The third-order valence-electron chi connectivity index (χ3n) is 3.41. The van der Waals surface area contributed by atoms with E-state index in [4.69, 9.17) is 17.0 Å². The van der Waals surface area contributed by atoms with Crippen LogP contribution >= 0.6 is 12.2 Å². The lowest BCUT2D eigenvalue weighted by Crippen LogP contribution is -2.48. The number of ether oxygens (including phenoxy) is 1. The van der Waals surface area contributed by atoms with E-state index in [1.54, 1.807) is 37.5 Å². The lowest BCUT2D eigenvalue weighted by atomic mass is 10.2. The minimum Gasteiger partial charge on any atom is -0.497 e. The van der Waals surface area contributed by atoms with E-state index in [9.17, 15) is 19.7 Å². The number of hydrogen-bond donors (Lipinski definition) is 3. The average molecular weight is 400 g/mol. The van der Waals surface area contributed by atoms with E-state index in [0.29, 0.717) is 5.75 Å². The topological polar surface area (TPSA) is 123 Å². The van der Waals surface area contributed by atoms with Crippen molar-refractivity contribution in [2.24, 2.45) is 0 Å². The van der Waals surface area contributed by atoms with Gasteiger partial charge in [-0.25, -0.2) is 0 Å². The molecule has 2 aromatic carbocycles. The summed E-state index contributed by atoms with van der Waals surface area (Å²) in [5.74, 6) is -0.353. The lowest BCUT2D eigenvalue weighted by molar-refractivity contribution is -0.384.